The third-order valence-corrected chi connectivity index (χ3v) is 2.04. The van der Waals surface area contributed by atoms with Crippen molar-refractivity contribution in [2.75, 3.05) is 0 Å². The maximum atomic E-state index is 11.5. The summed E-state index contributed by atoms with van der Waals surface area (Å²) < 4.78 is 4.67. The lowest BCUT2D eigenvalue weighted by Gasteiger charge is -2.04. The summed E-state index contributed by atoms with van der Waals surface area (Å²) in [5.41, 5.74) is 0.687. The topological polar surface area (TPSA) is 43.4 Å². The number of rotatable bonds is 4. The largest absolute Gasteiger partial charge is 0.386 e. The van der Waals surface area contributed by atoms with Crippen LogP contribution >= 0.6 is 0 Å². The van der Waals surface area contributed by atoms with E-state index in [4.69, 9.17) is 0 Å². The minimum absolute atomic E-state index is 0.326. The minimum Gasteiger partial charge on any atom is -0.386 e. The van der Waals surface area contributed by atoms with Crippen LogP contribution in [0, 0.1) is 0 Å². The van der Waals surface area contributed by atoms with Gasteiger partial charge in [0, 0.05) is 5.57 Å². The maximum absolute atomic E-state index is 11.5. The van der Waals surface area contributed by atoms with Gasteiger partial charge in [0.2, 0.25) is 0 Å². The van der Waals surface area contributed by atoms with Crippen molar-refractivity contribution in [1.29, 1.82) is 0 Å². The van der Waals surface area contributed by atoms with E-state index in [1.54, 1.807) is 30.3 Å². The standard InChI is InChI=1S/C13H14O3/c1-3-7-10(2)12(14)16-13(15)11-8-5-4-6-9-11/h4-6,8-9H,2-3,7H2,1H3. The van der Waals surface area contributed by atoms with Gasteiger partial charge in [-0.2, -0.15) is 0 Å². The van der Waals surface area contributed by atoms with Crippen LogP contribution in [-0.4, -0.2) is 11.9 Å². The fraction of sp³-hybridized carbons (Fsp3) is 0.231. The summed E-state index contributed by atoms with van der Waals surface area (Å²) in [6, 6.07) is 8.40. The number of ether oxygens (including phenoxy) is 1. The number of esters is 2. The Morgan fingerprint density at radius 1 is 1.25 bits per heavy atom. The molecule has 1 aromatic rings. The molecule has 3 heteroatoms. The first-order valence-electron chi connectivity index (χ1n) is 5.14. The SMILES string of the molecule is C=C(CCC)C(=O)OC(=O)c1ccccc1. The Morgan fingerprint density at radius 2 is 1.88 bits per heavy atom. The van der Waals surface area contributed by atoms with Crippen molar-refractivity contribution in [3.05, 3.63) is 48.0 Å². The third kappa shape index (κ3) is 3.35. The molecule has 0 N–H and O–H groups in total. The second-order valence-corrected chi connectivity index (χ2v) is 3.40. The first-order chi connectivity index (χ1) is 7.65. The average Bonchev–Trinajstić information content (AvgIpc) is 2.30. The molecule has 0 aliphatic heterocycles. The lowest BCUT2D eigenvalue weighted by atomic mass is 10.2. The predicted molar refractivity (Wildman–Crippen MR) is 60.9 cm³/mol. The highest BCUT2D eigenvalue weighted by molar-refractivity contribution is 6.01. The molecule has 3 nitrogen and oxygen atoms in total. The molecule has 0 fully saturated rings. The summed E-state index contributed by atoms with van der Waals surface area (Å²) in [5, 5.41) is 0. The number of carbonyl (C=O) groups excluding carboxylic acids is 2. The Morgan fingerprint density at radius 3 is 2.44 bits per heavy atom. The van der Waals surface area contributed by atoms with Gasteiger partial charge < -0.3 is 4.74 Å². The molecular formula is C13H14O3. The number of carbonyl (C=O) groups is 2. The van der Waals surface area contributed by atoms with E-state index >= 15 is 0 Å². The predicted octanol–water partition coefficient (Wildman–Crippen LogP) is 2.73. The molecule has 0 saturated heterocycles. The molecule has 1 aromatic carbocycles. The van der Waals surface area contributed by atoms with Crippen LogP contribution in [0.2, 0.25) is 0 Å². The zero-order chi connectivity index (χ0) is 12.0. The van der Waals surface area contributed by atoms with Crippen LogP contribution in [0.25, 0.3) is 0 Å². The monoisotopic (exact) mass is 218 g/mol. The second-order valence-electron chi connectivity index (χ2n) is 3.40. The van der Waals surface area contributed by atoms with Crippen LogP contribution in [0.4, 0.5) is 0 Å². The Hall–Kier alpha value is -1.90. The first kappa shape index (κ1) is 12.2. The highest BCUT2D eigenvalue weighted by atomic mass is 16.6. The van der Waals surface area contributed by atoms with E-state index in [0.29, 0.717) is 17.6 Å². The number of benzene rings is 1. The van der Waals surface area contributed by atoms with E-state index in [0.717, 1.165) is 6.42 Å². The quantitative estimate of drug-likeness (QED) is 0.443. The van der Waals surface area contributed by atoms with Crippen LogP contribution in [-0.2, 0) is 9.53 Å². The minimum atomic E-state index is -0.643. The van der Waals surface area contributed by atoms with E-state index in [2.05, 4.69) is 11.3 Å². The second kappa shape index (κ2) is 5.85. The van der Waals surface area contributed by atoms with Gasteiger partial charge in [0.15, 0.2) is 0 Å². The third-order valence-electron chi connectivity index (χ3n) is 2.04. The summed E-state index contributed by atoms with van der Waals surface area (Å²) in [7, 11) is 0. The zero-order valence-corrected chi connectivity index (χ0v) is 9.23. The lowest BCUT2D eigenvalue weighted by Crippen LogP contribution is -2.13. The molecule has 0 aromatic heterocycles. The van der Waals surface area contributed by atoms with E-state index in [9.17, 15) is 9.59 Å². The average molecular weight is 218 g/mol. The molecule has 0 aliphatic rings. The Balaban J connectivity index is 2.59. The summed E-state index contributed by atoms with van der Waals surface area (Å²) in [4.78, 5) is 22.9. The molecule has 84 valence electrons. The van der Waals surface area contributed by atoms with E-state index in [-0.39, 0.29) is 0 Å². The molecule has 0 bridgehead atoms. The molecule has 16 heavy (non-hydrogen) atoms. The van der Waals surface area contributed by atoms with Gasteiger partial charge in [-0.3, -0.25) is 0 Å². The van der Waals surface area contributed by atoms with Crippen molar-refractivity contribution in [2.24, 2.45) is 0 Å². The maximum Gasteiger partial charge on any atom is 0.346 e. The zero-order valence-electron chi connectivity index (χ0n) is 9.23. The first-order valence-corrected chi connectivity index (χ1v) is 5.14. The number of hydrogen-bond donors (Lipinski definition) is 0. The summed E-state index contributed by atoms with van der Waals surface area (Å²) >= 11 is 0. The molecule has 0 heterocycles. The van der Waals surface area contributed by atoms with Crippen LogP contribution in [0.15, 0.2) is 42.5 Å². The highest BCUT2D eigenvalue weighted by Crippen LogP contribution is 2.07. The van der Waals surface area contributed by atoms with Gasteiger partial charge >= 0.3 is 11.9 Å². The molecule has 0 amide bonds. The normalized spacial score (nSPS) is 9.56. The van der Waals surface area contributed by atoms with Gasteiger partial charge in [-0.15, -0.1) is 0 Å². The molecule has 0 atom stereocenters. The smallest absolute Gasteiger partial charge is 0.346 e. The van der Waals surface area contributed by atoms with E-state index in [1.165, 1.54) is 0 Å². The molecule has 1 rings (SSSR count). The molecule has 0 aliphatic carbocycles. The van der Waals surface area contributed by atoms with Crippen molar-refractivity contribution in [3.63, 3.8) is 0 Å². The van der Waals surface area contributed by atoms with Crippen molar-refractivity contribution in [3.8, 4) is 0 Å². The van der Waals surface area contributed by atoms with Crippen LogP contribution in [0.3, 0.4) is 0 Å². The Kier molecular flexibility index (Phi) is 4.45. The van der Waals surface area contributed by atoms with Crippen molar-refractivity contribution < 1.29 is 14.3 Å². The van der Waals surface area contributed by atoms with Gasteiger partial charge in [0.05, 0.1) is 5.56 Å². The van der Waals surface area contributed by atoms with E-state index < -0.39 is 11.9 Å². The van der Waals surface area contributed by atoms with E-state index in [1.807, 2.05) is 6.92 Å². The molecule has 0 saturated carbocycles. The summed E-state index contributed by atoms with van der Waals surface area (Å²) in [6.07, 6.45) is 1.34. The number of hydrogen-bond acceptors (Lipinski definition) is 3. The van der Waals surface area contributed by atoms with Crippen LogP contribution in [0.5, 0.6) is 0 Å². The Labute approximate surface area is 94.7 Å². The fourth-order valence-corrected chi connectivity index (χ4v) is 1.19. The van der Waals surface area contributed by atoms with Gasteiger partial charge in [-0.25, -0.2) is 9.59 Å². The van der Waals surface area contributed by atoms with Crippen LogP contribution in [0.1, 0.15) is 30.1 Å². The summed E-state index contributed by atoms with van der Waals surface area (Å²) in [5.74, 6) is -1.28. The van der Waals surface area contributed by atoms with Crippen molar-refractivity contribution in [1.82, 2.24) is 0 Å². The molecule has 0 spiro atoms. The van der Waals surface area contributed by atoms with Crippen molar-refractivity contribution in [2.45, 2.75) is 19.8 Å². The highest BCUT2D eigenvalue weighted by Gasteiger charge is 2.14. The molecule has 0 unspecified atom stereocenters. The Bertz CT molecular complexity index is 393. The fourth-order valence-electron chi connectivity index (χ4n) is 1.19. The molecular weight excluding hydrogens is 204 g/mol. The molecule has 0 radical (unpaired) electrons. The van der Waals surface area contributed by atoms with Gasteiger partial charge in [-0.1, -0.05) is 38.1 Å². The van der Waals surface area contributed by atoms with Crippen molar-refractivity contribution >= 4 is 11.9 Å². The summed E-state index contributed by atoms with van der Waals surface area (Å²) in [6.45, 7) is 5.49. The van der Waals surface area contributed by atoms with Gasteiger partial charge in [0.1, 0.15) is 0 Å². The van der Waals surface area contributed by atoms with Gasteiger partial charge in [-0.05, 0) is 18.6 Å². The van der Waals surface area contributed by atoms with Gasteiger partial charge in [0.25, 0.3) is 0 Å². The van der Waals surface area contributed by atoms with Crippen LogP contribution < -0.4 is 0 Å². The lowest BCUT2D eigenvalue weighted by molar-refractivity contribution is -0.133.